The quantitative estimate of drug-likeness (QED) is 0.623. The van der Waals surface area contributed by atoms with Gasteiger partial charge in [0.05, 0.1) is 13.2 Å². The highest BCUT2D eigenvalue weighted by molar-refractivity contribution is 4.91. The summed E-state index contributed by atoms with van der Waals surface area (Å²) in [6, 6.07) is 0.191. The van der Waals surface area contributed by atoms with Crippen LogP contribution in [0.2, 0.25) is 0 Å². The molecule has 1 aliphatic rings. The molecule has 1 fully saturated rings. The third-order valence-electron chi connectivity index (χ3n) is 4.04. The average Bonchev–Trinajstić information content (AvgIpc) is 2.63. The van der Waals surface area contributed by atoms with Crippen LogP contribution < -0.4 is 11.1 Å². The molecule has 0 aromatic rings. The van der Waals surface area contributed by atoms with Crippen molar-refractivity contribution in [1.29, 1.82) is 0 Å². The second-order valence-electron chi connectivity index (χ2n) is 6.55. The molecule has 0 radical (unpaired) electrons. The zero-order valence-electron chi connectivity index (χ0n) is 12.5. The lowest BCUT2D eigenvalue weighted by Gasteiger charge is -2.27. The molecule has 0 aromatic heterocycles. The minimum Gasteiger partial charge on any atom is -0.379 e. The van der Waals surface area contributed by atoms with Crippen molar-refractivity contribution in [2.45, 2.75) is 58.9 Å². The molecule has 1 heterocycles. The molecule has 0 saturated carbocycles. The summed E-state index contributed by atoms with van der Waals surface area (Å²) in [4.78, 5) is 0. The van der Waals surface area contributed by atoms with Gasteiger partial charge in [-0.15, -0.1) is 0 Å². The summed E-state index contributed by atoms with van der Waals surface area (Å²) in [5.74, 6) is 0.854. The van der Waals surface area contributed by atoms with Crippen LogP contribution in [0.4, 0.5) is 0 Å². The molecule has 3 heteroatoms. The van der Waals surface area contributed by atoms with Gasteiger partial charge in [0.25, 0.3) is 0 Å². The second kappa shape index (κ2) is 8.13. The van der Waals surface area contributed by atoms with Crippen molar-refractivity contribution in [2.24, 2.45) is 17.1 Å². The summed E-state index contributed by atoms with van der Waals surface area (Å²) >= 11 is 0. The van der Waals surface area contributed by atoms with Gasteiger partial charge in [0.1, 0.15) is 0 Å². The molecular weight excluding hydrogens is 224 g/mol. The standard InChI is InChI=1S/C15H32N2O/c1-13(2)8-6-4-5-7-9-17-11-15(3)12-18-10-14(15)16/h13-14,17H,4-12,16H2,1-3H3. The summed E-state index contributed by atoms with van der Waals surface area (Å²) in [5, 5.41) is 3.54. The lowest BCUT2D eigenvalue weighted by atomic mass is 9.86. The predicted molar refractivity (Wildman–Crippen MR) is 77.7 cm³/mol. The fourth-order valence-electron chi connectivity index (χ4n) is 2.44. The van der Waals surface area contributed by atoms with Crippen molar-refractivity contribution in [1.82, 2.24) is 5.32 Å². The summed E-state index contributed by atoms with van der Waals surface area (Å²) in [6.45, 7) is 10.4. The smallest absolute Gasteiger partial charge is 0.0624 e. The molecule has 1 saturated heterocycles. The Morgan fingerprint density at radius 2 is 2.00 bits per heavy atom. The number of hydrogen-bond donors (Lipinski definition) is 2. The van der Waals surface area contributed by atoms with E-state index in [4.69, 9.17) is 10.5 Å². The molecule has 0 aliphatic carbocycles. The monoisotopic (exact) mass is 256 g/mol. The van der Waals surface area contributed by atoms with E-state index in [1.807, 2.05) is 0 Å². The van der Waals surface area contributed by atoms with Gasteiger partial charge in [-0.05, 0) is 18.9 Å². The van der Waals surface area contributed by atoms with Crippen molar-refractivity contribution < 1.29 is 4.74 Å². The van der Waals surface area contributed by atoms with Crippen LogP contribution in [0.3, 0.4) is 0 Å². The van der Waals surface area contributed by atoms with Gasteiger partial charge in [0.15, 0.2) is 0 Å². The average molecular weight is 256 g/mol. The van der Waals surface area contributed by atoms with E-state index in [2.05, 4.69) is 26.1 Å². The zero-order chi connectivity index (χ0) is 13.4. The van der Waals surface area contributed by atoms with Crippen molar-refractivity contribution in [3.63, 3.8) is 0 Å². The second-order valence-corrected chi connectivity index (χ2v) is 6.55. The molecule has 3 nitrogen and oxygen atoms in total. The van der Waals surface area contributed by atoms with Crippen LogP contribution in [-0.2, 0) is 4.74 Å². The zero-order valence-corrected chi connectivity index (χ0v) is 12.5. The molecular formula is C15H32N2O. The Hall–Kier alpha value is -0.120. The topological polar surface area (TPSA) is 47.3 Å². The number of nitrogens with one attached hydrogen (secondary N) is 1. The SMILES string of the molecule is CC(C)CCCCCCNCC1(C)COCC1N. The molecule has 18 heavy (non-hydrogen) atoms. The van der Waals surface area contributed by atoms with Crippen molar-refractivity contribution in [3.8, 4) is 0 Å². The molecule has 2 unspecified atom stereocenters. The summed E-state index contributed by atoms with van der Waals surface area (Å²) in [6.07, 6.45) is 6.76. The third kappa shape index (κ3) is 5.68. The highest BCUT2D eigenvalue weighted by Gasteiger charge is 2.36. The minimum absolute atomic E-state index is 0.137. The van der Waals surface area contributed by atoms with Crippen LogP contribution >= 0.6 is 0 Å². The maximum Gasteiger partial charge on any atom is 0.0624 e. The normalized spacial score (nSPS) is 28.2. The van der Waals surface area contributed by atoms with Gasteiger partial charge < -0.3 is 15.8 Å². The molecule has 1 aliphatic heterocycles. The van der Waals surface area contributed by atoms with Crippen LogP contribution in [0, 0.1) is 11.3 Å². The third-order valence-corrected chi connectivity index (χ3v) is 4.04. The van der Waals surface area contributed by atoms with Crippen molar-refractivity contribution in [2.75, 3.05) is 26.3 Å². The summed E-state index contributed by atoms with van der Waals surface area (Å²) in [5.41, 5.74) is 6.19. The lowest BCUT2D eigenvalue weighted by Crippen LogP contribution is -2.45. The lowest BCUT2D eigenvalue weighted by molar-refractivity contribution is 0.158. The minimum atomic E-state index is 0.137. The molecule has 0 aromatic carbocycles. The molecule has 1 rings (SSSR count). The molecule has 108 valence electrons. The van der Waals surface area contributed by atoms with Crippen LogP contribution in [-0.4, -0.2) is 32.3 Å². The molecule has 2 atom stereocenters. The van der Waals surface area contributed by atoms with Crippen LogP contribution in [0.1, 0.15) is 52.9 Å². The van der Waals surface area contributed by atoms with Gasteiger partial charge in [-0.3, -0.25) is 0 Å². The Labute approximate surface area is 113 Å². The van der Waals surface area contributed by atoms with E-state index >= 15 is 0 Å². The van der Waals surface area contributed by atoms with E-state index in [1.165, 1.54) is 32.1 Å². The van der Waals surface area contributed by atoms with E-state index in [1.54, 1.807) is 0 Å². The van der Waals surface area contributed by atoms with Crippen molar-refractivity contribution >= 4 is 0 Å². The van der Waals surface area contributed by atoms with Crippen molar-refractivity contribution in [3.05, 3.63) is 0 Å². The first-order chi connectivity index (χ1) is 8.54. The Morgan fingerprint density at radius 1 is 1.28 bits per heavy atom. The number of unbranched alkanes of at least 4 members (excludes halogenated alkanes) is 3. The van der Waals surface area contributed by atoms with Gasteiger partial charge >= 0.3 is 0 Å². The van der Waals surface area contributed by atoms with Crippen LogP contribution in [0.15, 0.2) is 0 Å². The first kappa shape index (κ1) is 15.9. The Kier molecular flexibility index (Phi) is 7.20. The van der Waals surface area contributed by atoms with Gasteiger partial charge in [-0.1, -0.05) is 46.5 Å². The highest BCUT2D eigenvalue weighted by atomic mass is 16.5. The Bertz CT molecular complexity index is 221. The molecule has 0 bridgehead atoms. The van der Waals surface area contributed by atoms with Gasteiger partial charge in [-0.2, -0.15) is 0 Å². The molecule has 0 amide bonds. The van der Waals surface area contributed by atoms with Gasteiger partial charge in [-0.25, -0.2) is 0 Å². The van der Waals surface area contributed by atoms with E-state index in [0.717, 1.165) is 25.6 Å². The van der Waals surface area contributed by atoms with Gasteiger partial charge in [0, 0.05) is 18.0 Å². The summed E-state index contributed by atoms with van der Waals surface area (Å²) in [7, 11) is 0. The first-order valence-electron chi connectivity index (χ1n) is 7.58. The summed E-state index contributed by atoms with van der Waals surface area (Å²) < 4.78 is 5.44. The number of ether oxygens (including phenoxy) is 1. The fourth-order valence-corrected chi connectivity index (χ4v) is 2.44. The van der Waals surface area contributed by atoms with Gasteiger partial charge in [0.2, 0.25) is 0 Å². The van der Waals surface area contributed by atoms with Crippen LogP contribution in [0.5, 0.6) is 0 Å². The fraction of sp³-hybridized carbons (Fsp3) is 1.00. The molecule has 3 N–H and O–H groups in total. The van der Waals surface area contributed by atoms with E-state index in [0.29, 0.717) is 6.61 Å². The van der Waals surface area contributed by atoms with E-state index in [9.17, 15) is 0 Å². The number of nitrogens with two attached hydrogens (primary N) is 1. The maximum absolute atomic E-state index is 6.06. The first-order valence-corrected chi connectivity index (χ1v) is 7.58. The van der Waals surface area contributed by atoms with E-state index in [-0.39, 0.29) is 11.5 Å². The Morgan fingerprint density at radius 3 is 2.61 bits per heavy atom. The van der Waals surface area contributed by atoms with Crippen LogP contribution in [0.25, 0.3) is 0 Å². The number of rotatable bonds is 9. The Balaban J connectivity index is 1.92. The molecule has 0 spiro atoms. The largest absolute Gasteiger partial charge is 0.379 e. The maximum atomic E-state index is 6.06. The predicted octanol–water partition coefficient (Wildman–Crippen LogP) is 2.55. The van der Waals surface area contributed by atoms with E-state index < -0.39 is 0 Å². The highest BCUT2D eigenvalue weighted by Crippen LogP contribution is 2.25. The number of hydrogen-bond acceptors (Lipinski definition) is 3.